The van der Waals surface area contributed by atoms with Crippen LogP contribution in [0.4, 0.5) is 4.79 Å². The average molecular weight is 531 g/mol. The van der Waals surface area contributed by atoms with Crippen LogP contribution in [-0.4, -0.2) is 42.0 Å². The van der Waals surface area contributed by atoms with Gasteiger partial charge in [-0.15, -0.1) is 0 Å². The standard InChI is InChI=1S/C35H38N4O/c1-34(29-19-11-5-12-20-29)31(27-15-7-3-8-16-27)36-23-25-38(34)33(40)39-26-24-37-32(28-17-9-4-10-18-28)35(39,2)30-21-13-6-14-22-30/h3-22,31-32,36-37H,23-26H2,1-2H3. The van der Waals surface area contributed by atoms with Crippen molar-refractivity contribution in [1.82, 2.24) is 20.4 Å². The van der Waals surface area contributed by atoms with E-state index in [-0.39, 0.29) is 18.1 Å². The van der Waals surface area contributed by atoms with Crippen LogP contribution in [0.3, 0.4) is 0 Å². The molecule has 0 radical (unpaired) electrons. The summed E-state index contributed by atoms with van der Waals surface area (Å²) in [4.78, 5) is 19.3. The first kappa shape index (κ1) is 26.3. The minimum Gasteiger partial charge on any atom is -0.312 e. The predicted molar refractivity (Wildman–Crippen MR) is 161 cm³/mol. The van der Waals surface area contributed by atoms with Gasteiger partial charge in [0.2, 0.25) is 0 Å². The fraction of sp³-hybridized carbons (Fsp3) is 0.286. The first-order valence-corrected chi connectivity index (χ1v) is 14.3. The SMILES string of the molecule is CC1(c2ccccc2)C(c2ccccc2)NCCN1C(=O)N1CCNC(c2ccccc2)C1(C)c1ccccc1. The van der Waals surface area contributed by atoms with Crippen molar-refractivity contribution in [1.29, 1.82) is 0 Å². The van der Waals surface area contributed by atoms with Gasteiger partial charge in [-0.3, -0.25) is 0 Å². The number of carbonyl (C=O) groups excluding carboxylic acids is 1. The van der Waals surface area contributed by atoms with Crippen LogP contribution >= 0.6 is 0 Å². The summed E-state index contributed by atoms with van der Waals surface area (Å²) in [6.07, 6.45) is 0. The van der Waals surface area contributed by atoms with E-state index in [2.05, 4.69) is 131 Å². The minimum absolute atomic E-state index is 0.0513. The van der Waals surface area contributed by atoms with E-state index in [0.29, 0.717) is 13.1 Å². The zero-order chi connectivity index (χ0) is 27.6. The highest BCUT2D eigenvalue weighted by Crippen LogP contribution is 2.47. The summed E-state index contributed by atoms with van der Waals surface area (Å²) in [5.41, 5.74) is 3.42. The van der Waals surface area contributed by atoms with Crippen molar-refractivity contribution in [3.8, 4) is 0 Å². The van der Waals surface area contributed by atoms with Crippen LogP contribution in [0.1, 0.15) is 48.2 Å². The van der Waals surface area contributed by atoms with Crippen LogP contribution in [0, 0.1) is 0 Å². The van der Waals surface area contributed by atoms with E-state index in [1.807, 2.05) is 24.3 Å². The Labute approximate surface area is 237 Å². The molecule has 6 rings (SSSR count). The molecular weight excluding hydrogens is 492 g/mol. The summed E-state index contributed by atoms with van der Waals surface area (Å²) in [5, 5.41) is 7.55. The Hall–Kier alpha value is -3.93. The summed E-state index contributed by atoms with van der Waals surface area (Å²) >= 11 is 0. The highest BCUT2D eigenvalue weighted by atomic mass is 16.2. The lowest BCUT2D eigenvalue weighted by atomic mass is 9.76. The normalized spacial score (nSPS) is 26.9. The molecule has 0 bridgehead atoms. The van der Waals surface area contributed by atoms with Crippen molar-refractivity contribution in [2.24, 2.45) is 0 Å². The first-order chi connectivity index (χ1) is 19.5. The topological polar surface area (TPSA) is 47.6 Å². The van der Waals surface area contributed by atoms with Gasteiger partial charge in [0.15, 0.2) is 0 Å². The molecule has 0 aromatic heterocycles. The van der Waals surface area contributed by atoms with Gasteiger partial charge in [-0.2, -0.15) is 0 Å². The average Bonchev–Trinajstić information content (AvgIpc) is 3.02. The van der Waals surface area contributed by atoms with Gasteiger partial charge in [0.1, 0.15) is 0 Å². The third kappa shape index (κ3) is 4.40. The van der Waals surface area contributed by atoms with Gasteiger partial charge in [-0.25, -0.2) is 4.79 Å². The van der Waals surface area contributed by atoms with Gasteiger partial charge in [0, 0.05) is 26.2 Å². The fourth-order valence-electron chi connectivity index (χ4n) is 6.92. The number of rotatable bonds is 4. The zero-order valence-electron chi connectivity index (χ0n) is 23.3. The second kappa shape index (κ2) is 10.9. The number of piperazine rings is 2. The molecule has 2 fully saturated rings. The van der Waals surface area contributed by atoms with Crippen molar-refractivity contribution in [3.63, 3.8) is 0 Å². The van der Waals surface area contributed by atoms with E-state index in [1.165, 1.54) is 11.1 Å². The van der Waals surface area contributed by atoms with Crippen LogP contribution in [0.2, 0.25) is 0 Å². The molecule has 4 unspecified atom stereocenters. The largest absolute Gasteiger partial charge is 0.321 e. The van der Waals surface area contributed by atoms with E-state index in [4.69, 9.17) is 0 Å². The molecule has 2 aliphatic heterocycles. The Balaban J connectivity index is 1.47. The molecule has 204 valence electrons. The van der Waals surface area contributed by atoms with Gasteiger partial charge in [-0.05, 0) is 36.1 Å². The second-order valence-corrected chi connectivity index (χ2v) is 11.2. The number of hydrogen-bond acceptors (Lipinski definition) is 3. The third-order valence-electron chi connectivity index (χ3n) is 9.06. The van der Waals surface area contributed by atoms with E-state index < -0.39 is 11.1 Å². The van der Waals surface area contributed by atoms with Crippen molar-refractivity contribution < 1.29 is 4.79 Å². The maximum Gasteiger partial charge on any atom is 0.321 e. The molecule has 0 saturated carbocycles. The molecule has 4 aromatic rings. The Kier molecular flexibility index (Phi) is 7.18. The van der Waals surface area contributed by atoms with Gasteiger partial charge in [-0.1, -0.05) is 121 Å². The fourth-order valence-corrected chi connectivity index (χ4v) is 6.92. The number of benzene rings is 4. The van der Waals surface area contributed by atoms with Gasteiger partial charge in [0.05, 0.1) is 23.2 Å². The molecule has 2 aliphatic rings. The summed E-state index contributed by atoms with van der Waals surface area (Å²) in [5.74, 6) is 0. The minimum atomic E-state index is -0.595. The maximum atomic E-state index is 15.1. The van der Waals surface area contributed by atoms with Crippen LogP contribution in [0.5, 0.6) is 0 Å². The summed E-state index contributed by atoms with van der Waals surface area (Å²) in [7, 11) is 0. The van der Waals surface area contributed by atoms with Crippen molar-refractivity contribution >= 4 is 6.03 Å². The van der Waals surface area contributed by atoms with Gasteiger partial charge in [0.25, 0.3) is 0 Å². The highest BCUT2D eigenvalue weighted by molar-refractivity contribution is 5.78. The molecule has 5 nitrogen and oxygen atoms in total. The number of nitrogens with zero attached hydrogens (tertiary/aromatic N) is 2. The van der Waals surface area contributed by atoms with Crippen LogP contribution in [0.15, 0.2) is 121 Å². The molecule has 2 saturated heterocycles. The number of urea groups is 1. The molecule has 5 heteroatoms. The lowest BCUT2D eigenvalue weighted by Gasteiger charge is -2.56. The van der Waals surface area contributed by atoms with E-state index >= 15 is 4.79 Å². The van der Waals surface area contributed by atoms with Gasteiger partial charge >= 0.3 is 6.03 Å². The quantitative estimate of drug-likeness (QED) is 0.329. The highest BCUT2D eigenvalue weighted by Gasteiger charge is 2.53. The lowest BCUT2D eigenvalue weighted by Crippen LogP contribution is -2.68. The number of hydrogen-bond donors (Lipinski definition) is 2. The predicted octanol–water partition coefficient (Wildman–Crippen LogP) is 6.23. The second-order valence-electron chi connectivity index (χ2n) is 11.2. The summed E-state index contributed by atoms with van der Waals surface area (Å²) in [6.45, 7) is 7.15. The third-order valence-corrected chi connectivity index (χ3v) is 9.06. The number of nitrogens with one attached hydrogen (secondary N) is 2. The molecule has 2 N–H and O–H groups in total. The van der Waals surface area contributed by atoms with Gasteiger partial charge < -0.3 is 20.4 Å². The Morgan fingerprint density at radius 1 is 0.575 bits per heavy atom. The molecule has 40 heavy (non-hydrogen) atoms. The van der Waals surface area contributed by atoms with Crippen LogP contribution in [0.25, 0.3) is 0 Å². The van der Waals surface area contributed by atoms with Crippen LogP contribution < -0.4 is 10.6 Å². The molecule has 0 aliphatic carbocycles. The Morgan fingerprint density at radius 3 is 1.25 bits per heavy atom. The van der Waals surface area contributed by atoms with Crippen molar-refractivity contribution in [2.45, 2.75) is 37.0 Å². The number of amides is 2. The Morgan fingerprint density at radius 2 is 0.900 bits per heavy atom. The first-order valence-electron chi connectivity index (χ1n) is 14.3. The summed E-state index contributed by atoms with van der Waals surface area (Å²) in [6, 6.07) is 42.0. The summed E-state index contributed by atoms with van der Waals surface area (Å²) < 4.78 is 0. The molecular formula is C35H38N4O. The Bertz CT molecular complexity index is 1310. The maximum absolute atomic E-state index is 15.1. The van der Waals surface area contributed by atoms with Crippen LogP contribution in [-0.2, 0) is 11.1 Å². The lowest BCUT2D eigenvalue weighted by molar-refractivity contribution is -0.00205. The van der Waals surface area contributed by atoms with Crippen molar-refractivity contribution in [3.05, 3.63) is 144 Å². The smallest absolute Gasteiger partial charge is 0.312 e. The molecule has 2 amide bonds. The van der Waals surface area contributed by atoms with E-state index in [1.54, 1.807) is 0 Å². The molecule has 0 spiro atoms. The number of carbonyl (C=O) groups is 1. The van der Waals surface area contributed by atoms with Crippen molar-refractivity contribution in [2.75, 3.05) is 26.2 Å². The van der Waals surface area contributed by atoms with E-state index in [9.17, 15) is 0 Å². The zero-order valence-corrected chi connectivity index (χ0v) is 23.3. The molecule has 4 aromatic carbocycles. The molecule has 2 heterocycles. The molecule has 4 atom stereocenters. The monoisotopic (exact) mass is 530 g/mol. The van der Waals surface area contributed by atoms with E-state index in [0.717, 1.165) is 24.2 Å².